The molecule has 19 heavy (non-hydrogen) atoms. The van der Waals surface area contributed by atoms with Crippen LogP contribution in [0.15, 0.2) is 11.2 Å². The molecule has 1 aromatic rings. The summed E-state index contributed by atoms with van der Waals surface area (Å²) in [4.78, 5) is 10.9. The number of aromatic nitrogens is 2. The number of rotatable bonds is 5. The van der Waals surface area contributed by atoms with Crippen molar-refractivity contribution in [1.29, 1.82) is 0 Å². The third-order valence-electron chi connectivity index (χ3n) is 2.92. The lowest BCUT2D eigenvalue weighted by Gasteiger charge is -2.21. The van der Waals surface area contributed by atoms with Gasteiger partial charge >= 0.3 is 5.97 Å². The minimum atomic E-state index is -3.90. The predicted octanol–water partition coefficient (Wildman–Crippen LogP) is -0.187. The van der Waals surface area contributed by atoms with Crippen molar-refractivity contribution < 1.29 is 23.1 Å². The van der Waals surface area contributed by atoms with E-state index in [4.69, 9.17) is 9.84 Å². The molecule has 0 radical (unpaired) electrons. The molecule has 3 N–H and O–H groups in total. The average molecular weight is 289 g/mol. The molecule has 9 heteroatoms. The number of hydrogen-bond acceptors (Lipinski definition) is 5. The second-order valence-corrected chi connectivity index (χ2v) is 6.06. The van der Waals surface area contributed by atoms with E-state index in [1.807, 2.05) is 0 Å². The van der Waals surface area contributed by atoms with Gasteiger partial charge in [-0.2, -0.15) is 5.10 Å². The van der Waals surface area contributed by atoms with E-state index in [9.17, 15) is 13.2 Å². The molecule has 0 spiro atoms. The highest BCUT2D eigenvalue weighted by molar-refractivity contribution is 7.89. The maximum Gasteiger partial charge on any atom is 0.340 e. The highest BCUT2D eigenvalue weighted by Gasteiger charge is 2.26. The van der Waals surface area contributed by atoms with Gasteiger partial charge in [0.05, 0.1) is 12.8 Å². The fourth-order valence-electron chi connectivity index (χ4n) is 1.90. The van der Waals surface area contributed by atoms with Gasteiger partial charge in [-0.25, -0.2) is 17.9 Å². The first-order valence-electron chi connectivity index (χ1n) is 5.85. The lowest BCUT2D eigenvalue weighted by Crippen LogP contribution is -2.34. The number of H-pyrrole nitrogens is 1. The molecule has 0 saturated carbocycles. The molecule has 2 rings (SSSR count). The standard InChI is InChI=1S/C10H15N3O5S/c14-10(15)8-5-11-13-9(8)19(16,17)12-4-7-2-1-3-18-6-7/h5,7,12H,1-4,6H2,(H,11,13)(H,14,15). The molecule has 1 atom stereocenters. The van der Waals surface area contributed by atoms with Gasteiger partial charge in [0.2, 0.25) is 0 Å². The fourth-order valence-corrected chi connectivity index (χ4v) is 3.10. The van der Waals surface area contributed by atoms with Gasteiger partial charge < -0.3 is 9.84 Å². The van der Waals surface area contributed by atoms with Gasteiger partial charge in [-0.1, -0.05) is 0 Å². The first-order chi connectivity index (χ1) is 9.00. The highest BCUT2D eigenvalue weighted by atomic mass is 32.2. The average Bonchev–Trinajstić information content (AvgIpc) is 2.88. The molecule has 8 nitrogen and oxygen atoms in total. The van der Waals surface area contributed by atoms with E-state index in [0.717, 1.165) is 19.0 Å². The van der Waals surface area contributed by atoms with Crippen LogP contribution in [0, 0.1) is 5.92 Å². The number of ether oxygens (including phenoxy) is 1. The van der Waals surface area contributed by atoms with Gasteiger partial charge in [0.25, 0.3) is 10.0 Å². The Kier molecular flexibility index (Phi) is 4.17. The number of nitrogens with one attached hydrogen (secondary N) is 2. The van der Waals surface area contributed by atoms with E-state index < -0.39 is 21.0 Å². The number of aromatic amines is 1. The van der Waals surface area contributed by atoms with Crippen LogP contribution in [0.2, 0.25) is 0 Å². The normalized spacial score (nSPS) is 20.3. The van der Waals surface area contributed by atoms with Crippen molar-refractivity contribution in [3.63, 3.8) is 0 Å². The van der Waals surface area contributed by atoms with E-state index in [0.29, 0.717) is 13.2 Å². The number of nitrogens with zero attached hydrogens (tertiary/aromatic N) is 1. The molecule has 0 amide bonds. The second kappa shape index (κ2) is 5.68. The van der Waals surface area contributed by atoms with E-state index in [-0.39, 0.29) is 18.0 Å². The summed E-state index contributed by atoms with van der Waals surface area (Å²) in [7, 11) is -3.90. The van der Waals surface area contributed by atoms with Crippen molar-refractivity contribution in [3.05, 3.63) is 11.8 Å². The molecule has 1 saturated heterocycles. The Bertz CT molecular complexity index is 547. The maximum absolute atomic E-state index is 12.0. The molecule has 1 aromatic heterocycles. The Balaban J connectivity index is 2.05. The van der Waals surface area contributed by atoms with Crippen molar-refractivity contribution in [2.24, 2.45) is 5.92 Å². The summed E-state index contributed by atoms with van der Waals surface area (Å²) in [5.41, 5.74) is -0.368. The van der Waals surface area contributed by atoms with Crippen LogP contribution in [0.3, 0.4) is 0 Å². The van der Waals surface area contributed by atoms with Gasteiger partial charge in [-0.3, -0.25) is 5.10 Å². The number of carboxylic acids is 1. The quantitative estimate of drug-likeness (QED) is 0.691. The zero-order chi connectivity index (χ0) is 13.9. The molecular formula is C10H15N3O5S. The van der Waals surface area contributed by atoms with E-state index in [2.05, 4.69) is 14.9 Å². The Morgan fingerprint density at radius 2 is 2.42 bits per heavy atom. The summed E-state index contributed by atoms with van der Waals surface area (Å²) in [6.45, 7) is 1.44. The van der Waals surface area contributed by atoms with Crippen LogP contribution >= 0.6 is 0 Å². The molecule has 0 aliphatic carbocycles. The number of hydrogen-bond donors (Lipinski definition) is 3. The van der Waals surface area contributed by atoms with Crippen molar-refractivity contribution in [1.82, 2.24) is 14.9 Å². The Morgan fingerprint density at radius 3 is 3.05 bits per heavy atom. The molecule has 2 heterocycles. The maximum atomic E-state index is 12.0. The molecular weight excluding hydrogens is 274 g/mol. The zero-order valence-corrected chi connectivity index (χ0v) is 10.9. The summed E-state index contributed by atoms with van der Waals surface area (Å²) in [6.07, 6.45) is 2.76. The van der Waals surface area contributed by atoms with Crippen molar-refractivity contribution in [2.45, 2.75) is 17.9 Å². The van der Waals surface area contributed by atoms with Gasteiger partial charge in [-0.05, 0) is 18.8 Å². The minimum Gasteiger partial charge on any atom is -0.478 e. The monoisotopic (exact) mass is 289 g/mol. The van der Waals surface area contributed by atoms with Crippen molar-refractivity contribution >= 4 is 16.0 Å². The van der Waals surface area contributed by atoms with E-state index in [1.165, 1.54) is 0 Å². The molecule has 1 unspecified atom stereocenters. The summed E-state index contributed by atoms with van der Waals surface area (Å²) in [5, 5.41) is 14.1. The third-order valence-corrected chi connectivity index (χ3v) is 4.32. The van der Waals surface area contributed by atoms with Gasteiger partial charge in [0, 0.05) is 13.2 Å². The smallest absolute Gasteiger partial charge is 0.340 e. The van der Waals surface area contributed by atoms with E-state index >= 15 is 0 Å². The van der Waals surface area contributed by atoms with Gasteiger partial charge in [0.1, 0.15) is 5.56 Å². The minimum absolute atomic E-state index is 0.111. The van der Waals surface area contributed by atoms with Gasteiger partial charge in [-0.15, -0.1) is 0 Å². The summed E-state index contributed by atoms with van der Waals surface area (Å²) < 4.78 is 31.6. The molecule has 106 valence electrons. The second-order valence-electron chi connectivity index (χ2n) is 4.35. The predicted molar refractivity (Wildman–Crippen MR) is 64.3 cm³/mol. The molecule has 0 bridgehead atoms. The van der Waals surface area contributed by atoms with Crippen LogP contribution in [-0.4, -0.2) is 49.4 Å². The topological polar surface area (TPSA) is 121 Å². The molecule has 1 aliphatic heterocycles. The van der Waals surface area contributed by atoms with Crippen LogP contribution in [0.4, 0.5) is 0 Å². The number of carbonyl (C=O) groups is 1. The zero-order valence-electron chi connectivity index (χ0n) is 10.1. The Labute approximate surface area is 110 Å². The van der Waals surface area contributed by atoms with Crippen molar-refractivity contribution in [2.75, 3.05) is 19.8 Å². The molecule has 0 aromatic carbocycles. The summed E-state index contributed by atoms with van der Waals surface area (Å²) >= 11 is 0. The molecule has 1 aliphatic rings. The Hall–Kier alpha value is -1.45. The highest BCUT2D eigenvalue weighted by Crippen LogP contribution is 2.15. The number of carboxylic acid groups (broad SMARTS) is 1. The van der Waals surface area contributed by atoms with Crippen LogP contribution in [-0.2, 0) is 14.8 Å². The Morgan fingerprint density at radius 1 is 1.63 bits per heavy atom. The van der Waals surface area contributed by atoms with Crippen LogP contribution in [0.25, 0.3) is 0 Å². The lowest BCUT2D eigenvalue weighted by molar-refractivity contribution is 0.0567. The van der Waals surface area contributed by atoms with Crippen molar-refractivity contribution in [3.8, 4) is 0 Å². The number of aromatic carboxylic acids is 1. The first kappa shape index (κ1) is 14.0. The third kappa shape index (κ3) is 3.31. The number of sulfonamides is 1. The van der Waals surface area contributed by atoms with Crippen LogP contribution < -0.4 is 4.72 Å². The van der Waals surface area contributed by atoms with Crippen LogP contribution in [0.5, 0.6) is 0 Å². The van der Waals surface area contributed by atoms with E-state index in [1.54, 1.807) is 0 Å². The van der Waals surface area contributed by atoms with Crippen LogP contribution in [0.1, 0.15) is 23.2 Å². The first-order valence-corrected chi connectivity index (χ1v) is 7.33. The lowest BCUT2D eigenvalue weighted by atomic mass is 10.0. The largest absolute Gasteiger partial charge is 0.478 e. The fraction of sp³-hybridized carbons (Fsp3) is 0.600. The SMILES string of the molecule is O=C(O)c1cn[nH]c1S(=O)(=O)NCC1CCCOC1. The summed E-state index contributed by atoms with van der Waals surface area (Å²) in [6, 6.07) is 0. The van der Waals surface area contributed by atoms with Gasteiger partial charge in [0.15, 0.2) is 5.03 Å². The summed E-state index contributed by atoms with van der Waals surface area (Å²) in [5.74, 6) is -1.23. The molecule has 1 fully saturated rings.